The van der Waals surface area contributed by atoms with Gasteiger partial charge in [0, 0.05) is 35.1 Å². The average molecular weight is 331 g/mol. The van der Waals surface area contributed by atoms with E-state index in [1.807, 2.05) is 19.2 Å². The van der Waals surface area contributed by atoms with Crippen molar-refractivity contribution in [3.05, 3.63) is 35.1 Å². The van der Waals surface area contributed by atoms with Crippen LogP contribution in [0.3, 0.4) is 0 Å². The van der Waals surface area contributed by atoms with Gasteiger partial charge in [0.1, 0.15) is 5.82 Å². The van der Waals surface area contributed by atoms with E-state index in [0.29, 0.717) is 16.6 Å². The molecule has 0 fully saturated rings. The predicted molar refractivity (Wildman–Crippen MR) is 84.9 cm³/mol. The minimum absolute atomic E-state index is 0.315. The highest BCUT2D eigenvalue weighted by molar-refractivity contribution is 9.09. The number of nitrogens with one attached hydrogen (secondary N) is 1. The Labute approximate surface area is 125 Å². The number of rotatable bonds is 2. The van der Waals surface area contributed by atoms with E-state index in [0.717, 1.165) is 21.9 Å². The number of halogens is 1. The van der Waals surface area contributed by atoms with Crippen LogP contribution in [0.4, 0.5) is 5.82 Å². The highest BCUT2D eigenvalue weighted by Crippen LogP contribution is 2.18. The van der Waals surface area contributed by atoms with Crippen molar-refractivity contribution in [2.24, 2.45) is 5.92 Å². The Hall–Kier alpha value is -1.75. The zero-order valence-corrected chi connectivity index (χ0v) is 12.9. The lowest BCUT2D eigenvalue weighted by molar-refractivity contribution is 0.817. The molecule has 1 aliphatic carbocycles. The normalized spacial score (nSPS) is 20.6. The second kappa shape index (κ2) is 5.32. The molecule has 2 aromatic heterocycles. The molecule has 4 nitrogen and oxygen atoms in total. The molecule has 20 heavy (non-hydrogen) atoms. The van der Waals surface area contributed by atoms with Gasteiger partial charge in [0.05, 0.1) is 5.35 Å². The van der Waals surface area contributed by atoms with E-state index < -0.39 is 0 Å². The molecule has 0 radical (unpaired) electrons. The van der Waals surface area contributed by atoms with Crippen molar-refractivity contribution >= 4 is 33.9 Å². The minimum atomic E-state index is 0.315. The summed E-state index contributed by atoms with van der Waals surface area (Å²) in [7, 11) is 1.88. The van der Waals surface area contributed by atoms with E-state index in [-0.39, 0.29) is 0 Å². The number of fused-ring (bicyclic) bond motifs is 1. The molecule has 0 spiro atoms. The first-order valence-electron chi connectivity index (χ1n) is 6.53. The first-order chi connectivity index (χ1) is 9.69. The van der Waals surface area contributed by atoms with Crippen molar-refractivity contribution in [2.75, 3.05) is 12.4 Å². The van der Waals surface area contributed by atoms with Crippen LogP contribution in [0.2, 0.25) is 0 Å². The second-order valence-electron chi connectivity index (χ2n) is 4.82. The molecule has 5 heteroatoms. The highest BCUT2D eigenvalue weighted by atomic mass is 79.9. The van der Waals surface area contributed by atoms with Crippen LogP contribution >= 0.6 is 15.9 Å². The van der Waals surface area contributed by atoms with Crippen LogP contribution in [0.5, 0.6) is 0 Å². The topological polar surface area (TPSA) is 50.7 Å². The summed E-state index contributed by atoms with van der Waals surface area (Å²) in [4.78, 5) is 13.7. The number of aromatic nitrogens is 3. The molecule has 1 N–H and O–H groups in total. The van der Waals surface area contributed by atoms with Crippen molar-refractivity contribution in [3.63, 3.8) is 0 Å². The van der Waals surface area contributed by atoms with Gasteiger partial charge in [0.2, 0.25) is 0 Å². The number of alkyl halides is 1. The van der Waals surface area contributed by atoms with Crippen LogP contribution in [0.25, 0.3) is 23.5 Å². The summed E-state index contributed by atoms with van der Waals surface area (Å²) < 4.78 is 0. The molecule has 1 aliphatic rings. The maximum absolute atomic E-state index is 4.68. The molecule has 2 unspecified atom stereocenters. The quantitative estimate of drug-likeness (QED) is 0.849. The van der Waals surface area contributed by atoms with Crippen LogP contribution in [-0.2, 0) is 0 Å². The molecule has 0 saturated heterocycles. The molecule has 102 valence electrons. The van der Waals surface area contributed by atoms with Gasteiger partial charge in [-0.3, -0.25) is 4.98 Å². The maximum atomic E-state index is 4.68. The van der Waals surface area contributed by atoms with Gasteiger partial charge in [-0.25, -0.2) is 9.97 Å². The zero-order chi connectivity index (χ0) is 14.1. The molecule has 2 aromatic rings. The van der Waals surface area contributed by atoms with Gasteiger partial charge in [-0.05, 0) is 18.1 Å². The number of anilines is 1. The van der Waals surface area contributed by atoms with Gasteiger partial charge < -0.3 is 5.32 Å². The monoisotopic (exact) mass is 330 g/mol. The molecule has 2 heterocycles. The van der Waals surface area contributed by atoms with Crippen LogP contribution < -0.4 is 15.9 Å². The van der Waals surface area contributed by atoms with Crippen LogP contribution in [0.1, 0.15) is 6.92 Å². The van der Waals surface area contributed by atoms with Gasteiger partial charge in [-0.15, -0.1) is 0 Å². The molecule has 3 rings (SSSR count). The Morgan fingerprint density at radius 3 is 2.80 bits per heavy atom. The molecule has 0 bridgehead atoms. The van der Waals surface area contributed by atoms with Crippen molar-refractivity contribution in [1.82, 2.24) is 15.0 Å². The second-order valence-corrected chi connectivity index (χ2v) is 5.88. The Kier molecular flexibility index (Phi) is 3.53. The first kappa shape index (κ1) is 13.2. The Bertz CT molecular complexity index is 742. The Balaban J connectivity index is 2.26. The van der Waals surface area contributed by atoms with Gasteiger partial charge in [0.15, 0.2) is 5.82 Å². The van der Waals surface area contributed by atoms with Gasteiger partial charge in [-0.1, -0.05) is 35.0 Å². The third kappa shape index (κ3) is 2.33. The van der Waals surface area contributed by atoms with Crippen molar-refractivity contribution in [3.8, 4) is 11.4 Å². The lowest BCUT2D eigenvalue weighted by atomic mass is 10.0. The summed E-state index contributed by atoms with van der Waals surface area (Å²) in [6.45, 7) is 2.17. The summed E-state index contributed by atoms with van der Waals surface area (Å²) in [5, 5.41) is 5.19. The smallest absolute Gasteiger partial charge is 0.163 e. The fraction of sp³-hybridized carbons (Fsp3) is 0.267. The fourth-order valence-corrected chi connectivity index (χ4v) is 2.66. The fourth-order valence-electron chi connectivity index (χ4n) is 2.24. The lowest BCUT2D eigenvalue weighted by Crippen LogP contribution is -2.38. The summed E-state index contributed by atoms with van der Waals surface area (Å²) >= 11 is 3.67. The minimum Gasteiger partial charge on any atom is -0.373 e. The Morgan fingerprint density at radius 2 is 2.10 bits per heavy atom. The molecule has 0 amide bonds. The molecular weight excluding hydrogens is 316 g/mol. The predicted octanol–water partition coefficient (Wildman–Crippen LogP) is 1.55. The summed E-state index contributed by atoms with van der Waals surface area (Å²) in [6, 6.07) is 3.86. The number of nitrogens with zero attached hydrogens (tertiary/aromatic N) is 3. The maximum Gasteiger partial charge on any atom is 0.163 e. The SMILES string of the molecule is CNc1nc(-c2cccnc2)nc2c1=CC(Br)C(C)C=2. The van der Waals surface area contributed by atoms with Gasteiger partial charge in [0.25, 0.3) is 0 Å². The zero-order valence-electron chi connectivity index (χ0n) is 11.3. The number of hydrogen-bond donors (Lipinski definition) is 1. The molecule has 0 aliphatic heterocycles. The summed E-state index contributed by atoms with van der Waals surface area (Å²) in [5.41, 5.74) is 0.925. The summed E-state index contributed by atoms with van der Waals surface area (Å²) in [5.74, 6) is 1.95. The molecule has 0 aromatic carbocycles. The van der Waals surface area contributed by atoms with Crippen molar-refractivity contribution in [2.45, 2.75) is 11.8 Å². The third-order valence-corrected chi connectivity index (χ3v) is 4.48. The van der Waals surface area contributed by atoms with E-state index in [1.54, 1.807) is 12.4 Å². The molecule has 0 saturated carbocycles. The van der Waals surface area contributed by atoms with E-state index in [1.165, 1.54) is 0 Å². The van der Waals surface area contributed by atoms with Gasteiger partial charge in [-0.2, -0.15) is 0 Å². The first-order valence-corrected chi connectivity index (χ1v) is 7.44. The Morgan fingerprint density at radius 1 is 1.25 bits per heavy atom. The van der Waals surface area contributed by atoms with E-state index >= 15 is 0 Å². The van der Waals surface area contributed by atoms with E-state index in [2.05, 4.69) is 55.3 Å². The number of pyridine rings is 1. The van der Waals surface area contributed by atoms with E-state index in [9.17, 15) is 0 Å². The molecular formula is C15H15BrN4. The van der Waals surface area contributed by atoms with Crippen molar-refractivity contribution in [1.29, 1.82) is 0 Å². The molecule has 2 atom stereocenters. The van der Waals surface area contributed by atoms with Crippen LogP contribution in [-0.4, -0.2) is 26.8 Å². The summed E-state index contributed by atoms with van der Waals surface area (Å²) in [6.07, 6.45) is 7.87. The number of hydrogen-bond acceptors (Lipinski definition) is 4. The standard InChI is InChI=1S/C15H15BrN4/c1-9-6-13-11(7-12(9)16)15(17-2)20-14(19-13)10-4-3-5-18-8-10/h3-9,12H,1-2H3,(H,17,19,20). The largest absolute Gasteiger partial charge is 0.373 e. The van der Waals surface area contributed by atoms with E-state index in [4.69, 9.17) is 0 Å². The van der Waals surface area contributed by atoms with Crippen molar-refractivity contribution < 1.29 is 0 Å². The average Bonchev–Trinajstić information content (AvgIpc) is 2.48. The highest BCUT2D eigenvalue weighted by Gasteiger charge is 2.16. The van der Waals surface area contributed by atoms with Crippen LogP contribution in [0.15, 0.2) is 24.5 Å². The third-order valence-electron chi connectivity index (χ3n) is 3.38. The van der Waals surface area contributed by atoms with Gasteiger partial charge >= 0.3 is 0 Å². The lowest BCUT2D eigenvalue weighted by Gasteiger charge is -2.16. The van der Waals surface area contributed by atoms with Crippen LogP contribution in [0, 0.1) is 5.92 Å².